The maximum atomic E-state index is 5.53. The lowest BCUT2D eigenvalue weighted by Crippen LogP contribution is -2.43. The summed E-state index contributed by atoms with van der Waals surface area (Å²) in [4.78, 5) is 9.47. The fraction of sp³-hybridized carbons (Fsp3) is 0.318. The predicted molar refractivity (Wildman–Crippen MR) is 112 cm³/mol. The van der Waals surface area contributed by atoms with E-state index in [0.29, 0.717) is 11.7 Å². The van der Waals surface area contributed by atoms with Crippen LogP contribution < -0.4 is 0 Å². The van der Waals surface area contributed by atoms with Gasteiger partial charge in [0.25, 0.3) is 5.89 Å². The molecule has 5 rings (SSSR count). The van der Waals surface area contributed by atoms with Crippen LogP contribution in [0.1, 0.15) is 5.56 Å². The second-order valence-electron chi connectivity index (χ2n) is 7.74. The van der Waals surface area contributed by atoms with Crippen LogP contribution in [0.4, 0.5) is 0 Å². The van der Waals surface area contributed by atoms with Gasteiger partial charge in [0, 0.05) is 56.3 Å². The van der Waals surface area contributed by atoms with Gasteiger partial charge in [0.2, 0.25) is 5.82 Å². The zero-order chi connectivity index (χ0) is 19.8. The van der Waals surface area contributed by atoms with Gasteiger partial charge in [-0.05, 0) is 42.9 Å². The van der Waals surface area contributed by atoms with Crippen molar-refractivity contribution in [2.24, 2.45) is 7.05 Å². The summed E-state index contributed by atoms with van der Waals surface area (Å²) in [7, 11) is 4.11. The van der Waals surface area contributed by atoms with Crippen molar-refractivity contribution in [2.75, 3.05) is 33.2 Å². The Morgan fingerprint density at radius 2 is 1.69 bits per heavy atom. The molecule has 0 radical (unpaired) electrons. The van der Waals surface area contributed by atoms with Gasteiger partial charge in [-0.2, -0.15) is 10.1 Å². The fourth-order valence-corrected chi connectivity index (χ4v) is 3.78. The van der Waals surface area contributed by atoms with Crippen LogP contribution in [0.5, 0.6) is 0 Å². The van der Waals surface area contributed by atoms with Crippen LogP contribution >= 0.6 is 0 Å². The first-order valence-corrected chi connectivity index (χ1v) is 9.92. The first-order chi connectivity index (χ1) is 14.2. The van der Waals surface area contributed by atoms with Gasteiger partial charge in [0.05, 0.1) is 11.7 Å². The minimum absolute atomic E-state index is 0.539. The summed E-state index contributed by atoms with van der Waals surface area (Å²) in [5.41, 5.74) is 4.24. The highest BCUT2D eigenvalue weighted by Crippen LogP contribution is 2.25. The zero-order valence-corrected chi connectivity index (χ0v) is 16.7. The van der Waals surface area contributed by atoms with E-state index in [0.717, 1.165) is 54.8 Å². The van der Waals surface area contributed by atoms with Crippen LogP contribution in [0.15, 0.2) is 53.2 Å². The van der Waals surface area contributed by atoms with E-state index in [1.54, 1.807) is 0 Å². The number of hydrogen-bond acceptors (Lipinski definition) is 6. The van der Waals surface area contributed by atoms with Gasteiger partial charge in [-0.25, -0.2) is 0 Å². The van der Waals surface area contributed by atoms with Crippen LogP contribution in [-0.4, -0.2) is 62.9 Å². The molecule has 7 nitrogen and oxygen atoms in total. The standard InChI is InChI=1S/C22H24N6O/c1-26-9-11-28(12-10-26)15-16-3-5-17(6-4-16)22-24-21(25-29-22)18-7-8-20-19(13-18)14-23-27(20)2/h3-8,13-14H,9-12,15H2,1-2H3. The molecule has 0 bridgehead atoms. The van der Waals surface area contributed by atoms with E-state index in [1.807, 2.05) is 36.1 Å². The first-order valence-electron chi connectivity index (χ1n) is 9.92. The highest BCUT2D eigenvalue weighted by molar-refractivity contribution is 5.83. The summed E-state index contributed by atoms with van der Waals surface area (Å²) in [5.74, 6) is 1.13. The monoisotopic (exact) mass is 388 g/mol. The van der Waals surface area contributed by atoms with Gasteiger partial charge >= 0.3 is 0 Å². The minimum Gasteiger partial charge on any atom is -0.334 e. The Morgan fingerprint density at radius 1 is 0.931 bits per heavy atom. The van der Waals surface area contributed by atoms with Crippen LogP contribution in [0.2, 0.25) is 0 Å². The van der Waals surface area contributed by atoms with Gasteiger partial charge in [-0.15, -0.1) is 0 Å². The molecule has 0 unspecified atom stereocenters. The van der Waals surface area contributed by atoms with Gasteiger partial charge < -0.3 is 9.42 Å². The molecular formula is C22H24N6O. The van der Waals surface area contributed by atoms with E-state index in [2.05, 4.69) is 56.4 Å². The molecule has 1 aliphatic heterocycles. The lowest BCUT2D eigenvalue weighted by Gasteiger charge is -2.32. The number of aromatic nitrogens is 4. The van der Waals surface area contributed by atoms with Gasteiger partial charge in [-0.1, -0.05) is 17.3 Å². The number of aryl methyl sites for hydroxylation is 1. The molecule has 2 aromatic carbocycles. The zero-order valence-electron chi connectivity index (χ0n) is 16.7. The molecule has 0 spiro atoms. The lowest BCUT2D eigenvalue weighted by molar-refractivity contribution is 0.148. The summed E-state index contributed by atoms with van der Waals surface area (Å²) in [6.45, 7) is 5.48. The van der Waals surface area contributed by atoms with Crippen molar-refractivity contribution >= 4 is 10.9 Å². The van der Waals surface area contributed by atoms with E-state index in [-0.39, 0.29) is 0 Å². The quantitative estimate of drug-likeness (QED) is 0.535. The molecule has 7 heteroatoms. The highest BCUT2D eigenvalue weighted by Gasteiger charge is 2.15. The Labute approximate surface area is 169 Å². The molecule has 1 saturated heterocycles. The van der Waals surface area contributed by atoms with Gasteiger partial charge in [0.15, 0.2) is 0 Å². The van der Waals surface area contributed by atoms with Crippen LogP contribution in [0.3, 0.4) is 0 Å². The second-order valence-corrected chi connectivity index (χ2v) is 7.74. The number of piperazine rings is 1. The van der Waals surface area contributed by atoms with Crippen molar-refractivity contribution in [3.8, 4) is 22.8 Å². The average molecular weight is 388 g/mol. The molecule has 1 aliphatic rings. The molecule has 3 heterocycles. The highest BCUT2D eigenvalue weighted by atomic mass is 16.5. The Bertz CT molecular complexity index is 1120. The predicted octanol–water partition coefficient (Wildman–Crippen LogP) is 3.04. The smallest absolute Gasteiger partial charge is 0.258 e. The SMILES string of the molecule is CN1CCN(Cc2ccc(-c3nc(-c4ccc5c(cnn5C)c4)no3)cc2)CC1. The van der Waals surface area contributed by atoms with Crippen LogP contribution in [0, 0.1) is 0 Å². The van der Waals surface area contributed by atoms with E-state index in [1.165, 1.54) is 5.56 Å². The normalized spacial score (nSPS) is 15.9. The summed E-state index contributed by atoms with van der Waals surface area (Å²) in [6, 6.07) is 14.5. The molecule has 0 N–H and O–H groups in total. The molecule has 0 aliphatic carbocycles. The molecule has 0 amide bonds. The molecule has 1 fully saturated rings. The summed E-state index contributed by atoms with van der Waals surface area (Å²) >= 11 is 0. The summed E-state index contributed by atoms with van der Waals surface area (Å²) < 4.78 is 7.38. The number of nitrogens with zero attached hydrogens (tertiary/aromatic N) is 6. The maximum Gasteiger partial charge on any atom is 0.258 e. The van der Waals surface area contributed by atoms with Crippen molar-refractivity contribution in [3.05, 3.63) is 54.2 Å². The van der Waals surface area contributed by atoms with Crippen molar-refractivity contribution in [2.45, 2.75) is 6.54 Å². The van der Waals surface area contributed by atoms with E-state index < -0.39 is 0 Å². The topological polar surface area (TPSA) is 63.2 Å². The number of benzene rings is 2. The van der Waals surface area contributed by atoms with Gasteiger partial charge in [0.1, 0.15) is 0 Å². The molecule has 0 atom stereocenters. The first kappa shape index (κ1) is 18.0. The second kappa shape index (κ2) is 7.42. The van der Waals surface area contributed by atoms with E-state index >= 15 is 0 Å². The van der Waals surface area contributed by atoms with Crippen molar-refractivity contribution in [3.63, 3.8) is 0 Å². The third-order valence-corrected chi connectivity index (χ3v) is 5.63. The Balaban J connectivity index is 1.32. The number of hydrogen-bond donors (Lipinski definition) is 0. The Hall–Kier alpha value is -3.03. The van der Waals surface area contributed by atoms with Crippen molar-refractivity contribution in [1.29, 1.82) is 0 Å². The fourth-order valence-electron chi connectivity index (χ4n) is 3.78. The number of rotatable bonds is 4. The van der Waals surface area contributed by atoms with Gasteiger partial charge in [-0.3, -0.25) is 9.58 Å². The molecule has 148 valence electrons. The molecule has 29 heavy (non-hydrogen) atoms. The lowest BCUT2D eigenvalue weighted by atomic mass is 10.1. The van der Waals surface area contributed by atoms with Crippen LogP contribution in [0.25, 0.3) is 33.7 Å². The molecule has 0 saturated carbocycles. The summed E-state index contributed by atoms with van der Waals surface area (Å²) in [5, 5.41) is 9.52. The minimum atomic E-state index is 0.539. The molecule has 2 aromatic heterocycles. The van der Waals surface area contributed by atoms with Crippen molar-refractivity contribution < 1.29 is 4.52 Å². The third kappa shape index (κ3) is 3.66. The Morgan fingerprint density at radius 3 is 2.48 bits per heavy atom. The Kier molecular flexibility index (Phi) is 4.61. The van der Waals surface area contributed by atoms with E-state index in [9.17, 15) is 0 Å². The molecular weight excluding hydrogens is 364 g/mol. The largest absolute Gasteiger partial charge is 0.334 e. The number of likely N-dealkylation sites (N-methyl/N-ethyl adjacent to an activating group) is 1. The van der Waals surface area contributed by atoms with E-state index in [4.69, 9.17) is 4.52 Å². The van der Waals surface area contributed by atoms with Crippen LogP contribution in [-0.2, 0) is 13.6 Å². The third-order valence-electron chi connectivity index (χ3n) is 5.63. The summed E-state index contributed by atoms with van der Waals surface area (Å²) in [6.07, 6.45) is 1.85. The number of fused-ring (bicyclic) bond motifs is 1. The maximum absolute atomic E-state index is 5.53. The van der Waals surface area contributed by atoms with Crippen molar-refractivity contribution in [1.82, 2.24) is 29.7 Å². The average Bonchev–Trinajstić information content (AvgIpc) is 3.38. The molecule has 4 aromatic rings.